The molecule has 0 aliphatic heterocycles. The van der Waals surface area contributed by atoms with Gasteiger partial charge >= 0.3 is 11.9 Å². The summed E-state index contributed by atoms with van der Waals surface area (Å²) in [4.78, 5) is 35.8. The number of carboxylic acid groups (broad SMARTS) is 1. The Morgan fingerprint density at radius 3 is 1.34 bits per heavy atom. The molecule has 6 nitrogen and oxygen atoms in total. The molecule has 0 aliphatic carbocycles. The van der Waals surface area contributed by atoms with Gasteiger partial charge in [0.25, 0.3) is 0 Å². The molecule has 0 fully saturated rings. The van der Waals surface area contributed by atoms with Crippen LogP contribution in [0, 0.1) is 0 Å². The number of unbranched alkanes of at least 4 members (excludes halogenated alkanes) is 21. The lowest BCUT2D eigenvalue weighted by Gasteiger charge is -2.16. The molecule has 0 saturated carbocycles. The van der Waals surface area contributed by atoms with E-state index >= 15 is 0 Å². The topological polar surface area (TPSA) is 92.7 Å². The summed E-state index contributed by atoms with van der Waals surface area (Å²) in [5.41, 5.74) is 0. The number of esters is 1. The highest BCUT2D eigenvalue weighted by Crippen LogP contribution is 2.13. The second kappa shape index (κ2) is 28.4. The Morgan fingerprint density at radius 2 is 0.947 bits per heavy atom. The van der Waals surface area contributed by atoms with Crippen LogP contribution in [0.5, 0.6) is 0 Å². The minimum absolute atomic E-state index is 0.269. The largest absolute Gasteiger partial charge is 0.481 e. The van der Waals surface area contributed by atoms with Gasteiger partial charge < -0.3 is 15.2 Å². The van der Waals surface area contributed by atoms with E-state index < -0.39 is 24.4 Å². The maximum Gasteiger partial charge on any atom is 0.329 e. The molecule has 0 rings (SSSR count). The number of aliphatic carboxylic acids is 1. The predicted molar refractivity (Wildman–Crippen MR) is 157 cm³/mol. The molecule has 0 saturated heterocycles. The SMILES string of the molecule is CCCCCCCCCCCCCCOC(=O)[C@H](CC(=O)O)NC(=O)CCCCCCCCCCCCC. The van der Waals surface area contributed by atoms with Crippen LogP contribution in [0.1, 0.15) is 174 Å². The lowest BCUT2D eigenvalue weighted by atomic mass is 10.1. The summed E-state index contributed by atoms with van der Waals surface area (Å²) in [6, 6.07) is -1.11. The van der Waals surface area contributed by atoms with Gasteiger partial charge in [0.15, 0.2) is 0 Å². The fourth-order valence-electron chi connectivity index (χ4n) is 4.80. The molecule has 1 atom stereocenters. The molecular formula is C32H61NO5. The maximum absolute atomic E-state index is 12.4. The molecule has 0 radical (unpaired) electrons. The quantitative estimate of drug-likeness (QED) is 0.0731. The molecule has 1 amide bonds. The summed E-state index contributed by atoms with van der Waals surface area (Å²) < 4.78 is 5.29. The van der Waals surface area contributed by atoms with Crippen molar-refractivity contribution < 1.29 is 24.2 Å². The Balaban J connectivity index is 3.83. The van der Waals surface area contributed by atoms with Crippen LogP contribution in [-0.2, 0) is 19.1 Å². The average molecular weight is 540 g/mol. The van der Waals surface area contributed by atoms with Crippen molar-refractivity contribution in [3.05, 3.63) is 0 Å². The van der Waals surface area contributed by atoms with E-state index in [9.17, 15) is 14.4 Å². The molecule has 224 valence electrons. The van der Waals surface area contributed by atoms with Crippen LogP contribution in [0.3, 0.4) is 0 Å². The van der Waals surface area contributed by atoms with Gasteiger partial charge in [0.1, 0.15) is 6.04 Å². The first-order chi connectivity index (χ1) is 18.5. The number of nitrogens with one attached hydrogen (secondary N) is 1. The number of rotatable bonds is 29. The van der Waals surface area contributed by atoms with E-state index in [1.165, 1.54) is 109 Å². The minimum atomic E-state index is -1.12. The van der Waals surface area contributed by atoms with Crippen molar-refractivity contribution >= 4 is 17.8 Å². The summed E-state index contributed by atoms with van der Waals surface area (Å²) in [6.45, 7) is 4.76. The lowest BCUT2D eigenvalue weighted by molar-refractivity contribution is -0.151. The fourth-order valence-corrected chi connectivity index (χ4v) is 4.80. The van der Waals surface area contributed by atoms with E-state index in [-0.39, 0.29) is 12.5 Å². The predicted octanol–water partition coefficient (Wildman–Crippen LogP) is 8.89. The molecule has 0 spiro atoms. The number of carboxylic acids is 1. The minimum Gasteiger partial charge on any atom is -0.481 e. The number of carbonyl (C=O) groups excluding carboxylic acids is 2. The molecule has 6 heteroatoms. The van der Waals surface area contributed by atoms with Crippen molar-refractivity contribution in [1.29, 1.82) is 0 Å². The smallest absolute Gasteiger partial charge is 0.329 e. The Kier molecular flexibility index (Phi) is 27.2. The molecule has 0 aliphatic rings. The van der Waals surface area contributed by atoms with Gasteiger partial charge in [-0.15, -0.1) is 0 Å². The van der Waals surface area contributed by atoms with E-state index in [0.717, 1.165) is 38.5 Å². The Hall–Kier alpha value is -1.59. The van der Waals surface area contributed by atoms with Crippen molar-refractivity contribution in [3.8, 4) is 0 Å². The first kappa shape index (κ1) is 36.4. The number of amides is 1. The van der Waals surface area contributed by atoms with Gasteiger partial charge in [0.2, 0.25) is 5.91 Å². The molecule has 0 aromatic rings. The highest BCUT2D eigenvalue weighted by Gasteiger charge is 2.24. The number of ether oxygens (including phenoxy) is 1. The standard InChI is InChI=1S/C32H61NO5/c1-3-5-7-9-11-13-15-17-19-21-23-25-27-38-32(37)29(28-31(35)36)33-30(34)26-24-22-20-18-16-14-12-10-8-6-4-2/h29H,3-28H2,1-2H3,(H,33,34)(H,35,36)/t29-/m0/s1. The van der Waals surface area contributed by atoms with E-state index in [4.69, 9.17) is 9.84 Å². The van der Waals surface area contributed by atoms with Gasteiger partial charge in [-0.05, 0) is 12.8 Å². The Bertz CT molecular complexity index is 566. The molecule has 0 aromatic heterocycles. The molecule has 0 heterocycles. The van der Waals surface area contributed by atoms with Crippen LogP contribution in [-0.4, -0.2) is 35.6 Å². The molecule has 38 heavy (non-hydrogen) atoms. The summed E-state index contributed by atoms with van der Waals surface area (Å²) >= 11 is 0. The van der Waals surface area contributed by atoms with Gasteiger partial charge in [0, 0.05) is 6.42 Å². The van der Waals surface area contributed by atoms with Crippen LogP contribution in [0.15, 0.2) is 0 Å². The fraction of sp³-hybridized carbons (Fsp3) is 0.906. The lowest BCUT2D eigenvalue weighted by Crippen LogP contribution is -2.43. The van der Waals surface area contributed by atoms with Crippen LogP contribution in [0.25, 0.3) is 0 Å². The molecular weight excluding hydrogens is 478 g/mol. The third kappa shape index (κ3) is 26.0. The van der Waals surface area contributed by atoms with Gasteiger partial charge in [-0.1, -0.05) is 149 Å². The van der Waals surface area contributed by atoms with Crippen molar-refractivity contribution in [1.82, 2.24) is 5.32 Å². The maximum atomic E-state index is 12.4. The third-order valence-corrected chi connectivity index (χ3v) is 7.25. The monoisotopic (exact) mass is 539 g/mol. The van der Waals surface area contributed by atoms with Crippen LogP contribution >= 0.6 is 0 Å². The summed E-state index contributed by atoms with van der Waals surface area (Å²) in [5, 5.41) is 11.7. The molecule has 0 bridgehead atoms. The summed E-state index contributed by atoms with van der Waals surface area (Å²) in [7, 11) is 0. The van der Waals surface area contributed by atoms with Crippen LogP contribution in [0.2, 0.25) is 0 Å². The first-order valence-electron chi connectivity index (χ1n) is 16.2. The third-order valence-electron chi connectivity index (χ3n) is 7.25. The normalized spacial score (nSPS) is 11.8. The van der Waals surface area contributed by atoms with Gasteiger partial charge in [0.05, 0.1) is 13.0 Å². The first-order valence-corrected chi connectivity index (χ1v) is 16.2. The Morgan fingerprint density at radius 1 is 0.579 bits per heavy atom. The summed E-state index contributed by atoms with van der Waals surface area (Å²) in [6.07, 6.45) is 27.8. The van der Waals surface area contributed by atoms with Crippen LogP contribution < -0.4 is 5.32 Å². The van der Waals surface area contributed by atoms with E-state index in [2.05, 4.69) is 19.2 Å². The second-order valence-corrected chi connectivity index (χ2v) is 11.1. The summed E-state index contributed by atoms with van der Waals surface area (Å²) in [5.74, 6) is -2.02. The van der Waals surface area contributed by atoms with Gasteiger partial charge in [-0.3, -0.25) is 9.59 Å². The molecule has 0 aromatic carbocycles. The van der Waals surface area contributed by atoms with Crippen LogP contribution in [0.4, 0.5) is 0 Å². The van der Waals surface area contributed by atoms with Crippen molar-refractivity contribution in [2.45, 2.75) is 180 Å². The number of hydrogen-bond acceptors (Lipinski definition) is 4. The Labute approximate surface area is 234 Å². The average Bonchev–Trinajstić information content (AvgIpc) is 2.89. The van der Waals surface area contributed by atoms with Gasteiger partial charge in [-0.25, -0.2) is 4.79 Å². The van der Waals surface area contributed by atoms with Gasteiger partial charge in [-0.2, -0.15) is 0 Å². The molecule has 0 unspecified atom stereocenters. The van der Waals surface area contributed by atoms with E-state index in [0.29, 0.717) is 6.42 Å². The van der Waals surface area contributed by atoms with Crippen molar-refractivity contribution in [2.75, 3.05) is 6.61 Å². The second-order valence-electron chi connectivity index (χ2n) is 11.1. The highest BCUT2D eigenvalue weighted by atomic mass is 16.5. The zero-order chi connectivity index (χ0) is 28.1. The van der Waals surface area contributed by atoms with Crippen molar-refractivity contribution in [2.24, 2.45) is 0 Å². The highest BCUT2D eigenvalue weighted by molar-refractivity contribution is 5.87. The number of carbonyl (C=O) groups is 3. The zero-order valence-electron chi connectivity index (χ0n) is 25.0. The van der Waals surface area contributed by atoms with E-state index in [1.807, 2.05) is 0 Å². The van der Waals surface area contributed by atoms with Crippen molar-refractivity contribution in [3.63, 3.8) is 0 Å². The zero-order valence-corrected chi connectivity index (χ0v) is 25.0. The number of hydrogen-bond donors (Lipinski definition) is 2. The van der Waals surface area contributed by atoms with E-state index in [1.54, 1.807) is 0 Å². The molecule has 2 N–H and O–H groups in total.